The molecule has 3 heterocycles. The van der Waals surface area contributed by atoms with E-state index in [4.69, 9.17) is 12.2 Å². The Morgan fingerprint density at radius 3 is 2.76 bits per heavy atom. The van der Waals surface area contributed by atoms with E-state index in [2.05, 4.69) is 70.1 Å². The number of nitrogens with one attached hydrogen (secondary N) is 1. The van der Waals surface area contributed by atoms with Gasteiger partial charge in [-0.3, -0.25) is 4.98 Å². The van der Waals surface area contributed by atoms with E-state index in [1.165, 1.54) is 5.69 Å². The average molecular weight is 358 g/mol. The molecule has 0 amide bonds. The zero-order chi connectivity index (χ0) is 17.8. The van der Waals surface area contributed by atoms with E-state index >= 15 is 0 Å². The monoisotopic (exact) mass is 357 g/mol. The molecular weight excluding hydrogens is 330 g/mol. The maximum Gasteiger partial charge on any atom is 0.170 e. The minimum atomic E-state index is 0.0771. The van der Waals surface area contributed by atoms with Crippen molar-refractivity contribution in [2.75, 3.05) is 27.2 Å². The Kier molecular flexibility index (Phi) is 5.71. The van der Waals surface area contributed by atoms with Crippen LogP contribution in [0.5, 0.6) is 0 Å². The van der Waals surface area contributed by atoms with Gasteiger partial charge >= 0.3 is 0 Å². The molecule has 3 rings (SSSR count). The lowest BCUT2D eigenvalue weighted by molar-refractivity contribution is 0.283. The van der Waals surface area contributed by atoms with Crippen LogP contribution in [-0.4, -0.2) is 51.6 Å². The van der Waals surface area contributed by atoms with E-state index in [9.17, 15) is 0 Å². The molecule has 1 saturated heterocycles. The standard InChI is InChI=1S/C19H27N5S/c1-4-23-13-7-10-16(23)18-17(15-9-5-6-11-20-15)21-19(25)24(18)14-8-12-22(2)3/h5-7,9-11,13,17-18H,4,8,12,14H2,1-3H3,(H,21,25). The normalized spacial score (nSPS) is 20.3. The van der Waals surface area contributed by atoms with Crippen molar-refractivity contribution in [1.29, 1.82) is 0 Å². The summed E-state index contributed by atoms with van der Waals surface area (Å²) in [6, 6.07) is 10.6. The van der Waals surface area contributed by atoms with Crippen molar-refractivity contribution in [2.45, 2.75) is 32.0 Å². The number of aromatic nitrogens is 2. The van der Waals surface area contributed by atoms with Crippen molar-refractivity contribution in [3.8, 4) is 0 Å². The summed E-state index contributed by atoms with van der Waals surface area (Å²) in [4.78, 5) is 9.14. The number of thiocarbonyl (C=S) groups is 1. The maximum atomic E-state index is 5.69. The molecule has 2 unspecified atom stereocenters. The van der Waals surface area contributed by atoms with Gasteiger partial charge in [-0.2, -0.15) is 0 Å². The number of nitrogens with zero attached hydrogens (tertiary/aromatic N) is 4. The van der Waals surface area contributed by atoms with Crippen LogP contribution < -0.4 is 5.32 Å². The fourth-order valence-corrected chi connectivity index (χ4v) is 3.84. The molecule has 1 fully saturated rings. The van der Waals surface area contributed by atoms with Gasteiger partial charge in [-0.15, -0.1) is 0 Å². The first kappa shape index (κ1) is 17.9. The first-order valence-electron chi connectivity index (χ1n) is 8.89. The lowest BCUT2D eigenvalue weighted by Crippen LogP contribution is -2.33. The number of aryl methyl sites for hydroxylation is 1. The van der Waals surface area contributed by atoms with E-state index in [0.717, 1.165) is 36.9 Å². The first-order valence-corrected chi connectivity index (χ1v) is 9.30. The Morgan fingerprint density at radius 1 is 1.24 bits per heavy atom. The fourth-order valence-electron chi connectivity index (χ4n) is 3.51. The molecule has 0 bridgehead atoms. The summed E-state index contributed by atoms with van der Waals surface area (Å²) in [5.41, 5.74) is 2.32. The summed E-state index contributed by atoms with van der Waals surface area (Å²) in [6.07, 6.45) is 5.07. The van der Waals surface area contributed by atoms with E-state index in [0.29, 0.717) is 0 Å². The van der Waals surface area contributed by atoms with Gasteiger partial charge in [0.1, 0.15) is 0 Å². The minimum Gasteiger partial charge on any atom is -0.352 e. The van der Waals surface area contributed by atoms with Gasteiger partial charge in [0, 0.05) is 31.2 Å². The molecule has 2 atom stereocenters. The highest BCUT2D eigenvalue weighted by molar-refractivity contribution is 7.80. The smallest absolute Gasteiger partial charge is 0.170 e. The fraction of sp³-hybridized carbons (Fsp3) is 0.474. The summed E-state index contributed by atoms with van der Waals surface area (Å²) >= 11 is 5.69. The summed E-state index contributed by atoms with van der Waals surface area (Å²) in [7, 11) is 4.22. The van der Waals surface area contributed by atoms with Gasteiger partial charge in [0.05, 0.1) is 17.8 Å². The molecule has 0 radical (unpaired) electrons. The molecule has 1 N–H and O–H groups in total. The predicted octanol–water partition coefficient (Wildman–Crippen LogP) is 2.83. The van der Waals surface area contributed by atoms with Gasteiger partial charge in [-0.05, 0) is 70.5 Å². The Balaban J connectivity index is 1.92. The van der Waals surface area contributed by atoms with Gasteiger partial charge in [0.2, 0.25) is 0 Å². The molecule has 5 nitrogen and oxygen atoms in total. The molecule has 0 saturated carbocycles. The summed E-state index contributed by atoms with van der Waals surface area (Å²) in [6.45, 7) is 5.12. The van der Waals surface area contributed by atoms with Crippen LogP contribution in [0.3, 0.4) is 0 Å². The summed E-state index contributed by atoms with van der Waals surface area (Å²) in [5, 5.41) is 4.34. The van der Waals surface area contributed by atoms with E-state index in [1.54, 1.807) is 0 Å². The van der Waals surface area contributed by atoms with Crippen molar-refractivity contribution in [3.05, 3.63) is 54.1 Å². The predicted molar refractivity (Wildman–Crippen MR) is 105 cm³/mol. The highest BCUT2D eigenvalue weighted by Gasteiger charge is 2.40. The molecule has 0 aliphatic carbocycles. The Morgan fingerprint density at radius 2 is 2.08 bits per heavy atom. The van der Waals surface area contributed by atoms with Crippen LogP contribution in [0.1, 0.15) is 36.8 Å². The SMILES string of the molecule is CCn1cccc1C1C(c2ccccn2)NC(=S)N1CCCN(C)C. The molecule has 0 aromatic carbocycles. The van der Waals surface area contributed by atoms with Gasteiger partial charge < -0.3 is 19.7 Å². The molecular formula is C19H27N5S. The quantitative estimate of drug-likeness (QED) is 0.771. The lowest BCUT2D eigenvalue weighted by Gasteiger charge is -2.29. The van der Waals surface area contributed by atoms with Crippen molar-refractivity contribution < 1.29 is 0 Å². The van der Waals surface area contributed by atoms with Crippen LogP contribution in [0.25, 0.3) is 0 Å². The second kappa shape index (κ2) is 7.97. The van der Waals surface area contributed by atoms with E-state index in [-0.39, 0.29) is 12.1 Å². The zero-order valence-electron chi connectivity index (χ0n) is 15.2. The highest BCUT2D eigenvalue weighted by atomic mass is 32.1. The van der Waals surface area contributed by atoms with Gasteiger partial charge in [0.15, 0.2) is 5.11 Å². The third-order valence-corrected chi connectivity index (χ3v) is 5.06. The topological polar surface area (TPSA) is 36.3 Å². The van der Waals surface area contributed by atoms with Crippen LogP contribution in [0.4, 0.5) is 0 Å². The van der Waals surface area contributed by atoms with E-state index in [1.807, 2.05) is 18.3 Å². The van der Waals surface area contributed by atoms with Crippen LogP contribution in [0, 0.1) is 0 Å². The zero-order valence-corrected chi connectivity index (χ0v) is 16.0. The van der Waals surface area contributed by atoms with Crippen LogP contribution in [0.2, 0.25) is 0 Å². The van der Waals surface area contributed by atoms with Crippen LogP contribution in [-0.2, 0) is 6.54 Å². The largest absolute Gasteiger partial charge is 0.352 e. The average Bonchev–Trinajstić information content (AvgIpc) is 3.19. The number of pyridine rings is 1. The molecule has 25 heavy (non-hydrogen) atoms. The highest BCUT2D eigenvalue weighted by Crippen LogP contribution is 2.38. The summed E-state index contributed by atoms with van der Waals surface area (Å²) in [5.74, 6) is 0. The Hall–Kier alpha value is -1.92. The lowest BCUT2D eigenvalue weighted by atomic mass is 10.0. The molecule has 2 aromatic rings. The van der Waals surface area contributed by atoms with Crippen molar-refractivity contribution >= 4 is 17.3 Å². The van der Waals surface area contributed by atoms with Gasteiger partial charge in [-0.25, -0.2) is 0 Å². The van der Waals surface area contributed by atoms with Crippen molar-refractivity contribution in [3.63, 3.8) is 0 Å². The number of hydrogen-bond acceptors (Lipinski definition) is 3. The van der Waals surface area contributed by atoms with Gasteiger partial charge in [-0.1, -0.05) is 6.07 Å². The Bertz CT molecular complexity index is 697. The number of rotatable bonds is 7. The number of hydrogen-bond donors (Lipinski definition) is 1. The van der Waals surface area contributed by atoms with Crippen molar-refractivity contribution in [1.82, 2.24) is 24.7 Å². The molecule has 1 aliphatic rings. The molecule has 1 aliphatic heterocycles. The third-order valence-electron chi connectivity index (χ3n) is 4.71. The first-order chi connectivity index (χ1) is 12.1. The molecule has 0 spiro atoms. The molecule has 2 aromatic heterocycles. The van der Waals surface area contributed by atoms with Crippen molar-refractivity contribution in [2.24, 2.45) is 0 Å². The third kappa shape index (κ3) is 3.85. The summed E-state index contributed by atoms with van der Waals surface area (Å²) < 4.78 is 2.30. The maximum absolute atomic E-state index is 5.69. The van der Waals surface area contributed by atoms with Crippen LogP contribution in [0.15, 0.2) is 42.7 Å². The second-order valence-electron chi connectivity index (χ2n) is 6.70. The minimum absolute atomic E-state index is 0.0771. The van der Waals surface area contributed by atoms with Crippen LogP contribution >= 0.6 is 12.2 Å². The molecule has 134 valence electrons. The molecule has 6 heteroatoms. The van der Waals surface area contributed by atoms with Gasteiger partial charge in [0.25, 0.3) is 0 Å². The van der Waals surface area contributed by atoms with E-state index < -0.39 is 0 Å². The second-order valence-corrected chi connectivity index (χ2v) is 7.08. The Labute approximate surface area is 155 Å².